The Morgan fingerprint density at radius 3 is 1.22 bits per heavy atom. The number of unbranched alkanes of at least 4 members (excludes halogenated alkanes) is 9. The van der Waals surface area contributed by atoms with Gasteiger partial charge in [-0.25, -0.2) is 4.31 Å². The second kappa shape index (κ2) is 32.9. The van der Waals surface area contributed by atoms with Crippen molar-refractivity contribution >= 4 is 105 Å². The summed E-state index contributed by atoms with van der Waals surface area (Å²) in [6.07, 6.45) is 13.3. The summed E-state index contributed by atoms with van der Waals surface area (Å²) in [4.78, 5) is 15.4. The van der Waals surface area contributed by atoms with Crippen molar-refractivity contribution in [3.8, 4) is 0 Å². The van der Waals surface area contributed by atoms with Gasteiger partial charge in [0.15, 0.2) is 0 Å². The number of aliphatic hydroxyl groups is 1. The van der Waals surface area contributed by atoms with E-state index in [4.69, 9.17) is 14.9 Å². The van der Waals surface area contributed by atoms with E-state index in [9.17, 15) is 9.13 Å². The van der Waals surface area contributed by atoms with Crippen LogP contribution in [0.15, 0.2) is 0 Å². The standard InChI is InChI=1S/C12H26O.3Na.H4O5P2.3H/c1-2-3-4-5-6-7-8-9-10-11-12-13;;;;1-6(2)5-7(3)4;;;/h13H,2-12H2,1H3;;;;6-7H,(H,1,2)(H,3,4);;;. The molecule has 6 nitrogen and oxygen atoms in total. The van der Waals surface area contributed by atoms with Gasteiger partial charge >= 0.3 is 105 Å². The Labute approximate surface area is 208 Å². The molecule has 0 aromatic carbocycles. The van der Waals surface area contributed by atoms with Crippen molar-refractivity contribution in [1.82, 2.24) is 0 Å². The van der Waals surface area contributed by atoms with Crippen LogP contribution >= 0.6 is 16.5 Å². The van der Waals surface area contributed by atoms with Crippen LogP contribution in [0, 0.1) is 0 Å². The van der Waals surface area contributed by atoms with Crippen molar-refractivity contribution in [3.05, 3.63) is 0 Å². The number of hydrogen-bond donors (Lipinski definition) is 3. The zero-order valence-electron chi connectivity index (χ0n) is 12.3. The molecule has 0 aromatic rings. The Balaban J connectivity index is -0.0000000945. The topological polar surface area (TPSA) is 104 Å². The van der Waals surface area contributed by atoms with Gasteiger partial charge in [0, 0.05) is 6.61 Å². The monoisotopic (exact) mass is 404 g/mol. The van der Waals surface area contributed by atoms with E-state index < -0.39 is 16.5 Å². The molecule has 0 aliphatic rings. The molecule has 0 radical (unpaired) electrons. The van der Waals surface area contributed by atoms with Crippen LogP contribution in [-0.4, -0.2) is 110 Å². The summed E-state index contributed by atoms with van der Waals surface area (Å²) in [5, 5.41) is 8.57. The van der Waals surface area contributed by atoms with Crippen LogP contribution in [0.25, 0.3) is 0 Å². The fraction of sp³-hybridized carbons (Fsp3) is 1.00. The Morgan fingerprint density at radius 1 is 0.696 bits per heavy atom. The third kappa shape index (κ3) is 45.9. The molecule has 0 spiro atoms. The number of aliphatic hydroxyl groups excluding tert-OH is 1. The fourth-order valence-electron chi connectivity index (χ4n) is 1.67. The first-order valence-electron chi connectivity index (χ1n) is 7.29. The molecule has 0 aromatic heterocycles. The molecule has 23 heavy (non-hydrogen) atoms. The van der Waals surface area contributed by atoms with Crippen LogP contribution in [0.4, 0.5) is 0 Å². The summed E-state index contributed by atoms with van der Waals surface area (Å²) >= 11 is 0. The van der Waals surface area contributed by atoms with Gasteiger partial charge < -0.3 is 14.9 Å². The predicted octanol–water partition coefficient (Wildman–Crippen LogP) is 1.72. The molecule has 2 atom stereocenters. The molecule has 0 aliphatic carbocycles. The third-order valence-electron chi connectivity index (χ3n) is 2.69. The molecule has 0 fully saturated rings. The molecule has 2 unspecified atom stereocenters. The first-order valence-corrected chi connectivity index (χ1v) is 9.81. The van der Waals surface area contributed by atoms with Gasteiger partial charge in [-0.05, 0) is 6.42 Å². The average molecular weight is 404 g/mol. The van der Waals surface area contributed by atoms with Gasteiger partial charge in [0.25, 0.3) is 0 Å². The molecular formula is C12H33Na3O6P2. The molecule has 0 saturated carbocycles. The van der Waals surface area contributed by atoms with Crippen LogP contribution in [0.1, 0.15) is 71.1 Å². The molecule has 0 amide bonds. The van der Waals surface area contributed by atoms with E-state index in [-0.39, 0.29) is 88.7 Å². The molecule has 11 heteroatoms. The Kier molecular flexibility index (Phi) is 53.1. The van der Waals surface area contributed by atoms with Gasteiger partial charge in [-0.3, -0.25) is 9.13 Å². The van der Waals surface area contributed by atoms with Crippen LogP contribution in [0.3, 0.4) is 0 Å². The zero-order chi connectivity index (χ0) is 15.6. The molecule has 0 saturated heterocycles. The molecule has 0 rings (SSSR count). The second-order valence-corrected chi connectivity index (χ2v) is 6.42. The van der Waals surface area contributed by atoms with E-state index in [2.05, 4.69) is 11.2 Å². The first kappa shape index (κ1) is 37.1. The van der Waals surface area contributed by atoms with Gasteiger partial charge in [-0.1, -0.05) is 64.7 Å². The van der Waals surface area contributed by atoms with Crippen molar-refractivity contribution in [2.45, 2.75) is 71.1 Å². The molecule has 130 valence electrons. The van der Waals surface area contributed by atoms with E-state index in [0.717, 1.165) is 6.42 Å². The fourth-order valence-corrected chi connectivity index (χ4v) is 2.27. The van der Waals surface area contributed by atoms with Crippen molar-refractivity contribution in [3.63, 3.8) is 0 Å². The van der Waals surface area contributed by atoms with Gasteiger partial charge in [0.2, 0.25) is 0 Å². The van der Waals surface area contributed by atoms with Gasteiger partial charge in [-0.2, -0.15) is 0 Å². The number of rotatable bonds is 12. The van der Waals surface area contributed by atoms with E-state index >= 15 is 0 Å². The van der Waals surface area contributed by atoms with Gasteiger partial charge in [-0.15, -0.1) is 0 Å². The van der Waals surface area contributed by atoms with Crippen LogP contribution < -0.4 is 0 Å². The average Bonchev–Trinajstić information content (AvgIpc) is 2.36. The normalized spacial score (nSPS) is 11.7. The summed E-state index contributed by atoms with van der Waals surface area (Å²) in [5.74, 6) is 0. The summed E-state index contributed by atoms with van der Waals surface area (Å²) in [7, 11) is -6.40. The molecule has 3 N–H and O–H groups in total. The van der Waals surface area contributed by atoms with Crippen molar-refractivity contribution < 1.29 is 28.3 Å². The molecule has 0 aliphatic heterocycles. The van der Waals surface area contributed by atoms with Gasteiger partial charge in [0.05, 0.1) is 0 Å². The van der Waals surface area contributed by atoms with Crippen molar-refractivity contribution in [2.24, 2.45) is 0 Å². The number of hydrogen-bond acceptors (Lipinski definition) is 4. The minimum absolute atomic E-state index is 0. The molecule has 0 heterocycles. The van der Waals surface area contributed by atoms with E-state index in [1.807, 2.05) is 0 Å². The Bertz CT molecular complexity index is 229. The van der Waals surface area contributed by atoms with Gasteiger partial charge in [0.1, 0.15) is 0 Å². The Morgan fingerprint density at radius 2 is 1.00 bits per heavy atom. The van der Waals surface area contributed by atoms with E-state index in [1.54, 1.807) is 0 Å². The van der Waals surface area contributed by atoms with E-state index in [0.29, 0.717) is 6.61 Å². The summed E-state index contributed by atoms with van der Waals surface area (Å²) in [6.45, 7) is 2.63. The third-order valence-corrected chi connectivity index (χ3v) is 4.08. The van der Waals surface area contributed by atoms with Crippen LogP contribution in [-0.2, 0) is 13.4 Å². The maximum absolute atomic E-state index is 9.44. The quantitative estimate of drug-likeness (QED) is 0.260. The summed E-state index contributed by atoms with van der Waals surface area (Å²) in [5.41, 5.74) is 0. The molecular weight excluding hydrogens is 371 g/mol. The minimum atomic E-state index is -3.20. The SMILES string of the molecule is CCCCCCCCCCCCO.O=[PH](O)O[PH](=O)O.[NaH].[NaH].[NaH]. The first-order chi connectivity index (χ1) is 9.54. The van der Waals surface area contributed by atoms with Crippen LogP contribution in [0.5, 0.6) is 0 Å². The summed E-state index contributed by atoms with van der Waals surface area (Å²) in [6, 6.07) is 0. The van der Waals surface area contributed by atoms with Crippen molar-refractivity contribution in [1.29, 1.82) is 0 Å². The van der Waals surface area contributed by atoms with Crippen molar-refractivity contribution in [2.75, 3.05) is 6.61 Å². The van der Waals surface area contributed by atoms with E-state index in [1.165, 1.54) is 57.8 Å². The van der Waals surface area contributed by atoms with Crippen LogP contribution in [0.2, 0.25) is 0 Å². The molecule has 0 bridgehead atoms. The predicted molar refractivity (Wildman–Crippen MR) is 104 cm³/mol. The maximum atomic E-state index is 9.44. The second-order valence-electron chi connectivity index (χ2n) is 4.54. The zero-order valence-corrected chi connectivity index (χ0v) is 14.3. The Hall–Kier alpha value is 3.30. The summed E-state index contributed by atoms with van der Waals surface area (Å²) < 4.78 is 22.3.